The number of likely N-dealkylation sites (N-methyl/N-ethyl adjacent to an activating group) is 1. The molecule has 0 saturated heterocycles. The van der Waals surface area contributed by atoms with Crippen LogP contribution in [0.5, 0.6) is 0 Å². The fraction of sp³-hybridized carbons (Fsp3) is 0.462. The minimum Gasteiger partial charge on any atom is -0.396 e. The number of carbonyl (C=O) groups is 1. The van der Waals surface area contributed by atoms with Crippen LogP contribution in [0.25, 0.3) is 0 Å². The van der Waals surface area contributed by atoms with Crippen LogP contribution in [0.2, 0.25) is 0 Å². The van der Waals surface area contributed by atoms with E-state index in [1.165, 1.54) is 39.8 Å². The van der Waals surface area contributed by atoms with Crippen LogP contribution in [0.1, 0.15) is 18.1 Å². The minimum atomic E-state index is -3.98. The molecule has 0 saturated carbocycles. The molecule has 1 unspecified atom stereocenters. The van der Waals surface area contributed by atoms with Gasteiger partial charge in [-0.15, -0.1) is 0 Å². The van der Waals surface area contributed by atoms with Crippen molar-refractivity contribution in [2.45, 2.75) is 31.7 Å². The number of carbonyl (C=O) groups excluding carboxylic acids is 1. The third-order valence-corrected chi connectivity index (χ3v) is 4.94. The number of nitrogens with zero attached hydrogens (tertiary/aromatic N) is 1. The van der Waals surface area contributed by atoms with E-state index in [4.69, 9.17) is 5.73 Å². The first-order chi connectivity index (χ1) is 9.49. The van der Waals surface area contributed by atoms with Crippen molar-refractivity contribution in [1.82, 2.24) is 9.62 Å². The van der Waals surface area contributed by atoms with Crippen LogP contribution in [0, 0.1) is 19.7 Å². The van der Waals surface area contributed by atoms with Gasteiger partial charge in [0, 0.05) is 14.1 Å². The summed E-state index contributed by atoms with van der Waals surface area (Å²) in [4.78, 5) is 12.9. The highest BCUT2D eigenvalue weighted by atomic mass is 32.2. The van der Waals surface area contributed by atoms with Crippen molar-refractivity contribution in [3.63, 3.8) is 0 Å². The Morgan fingerprint density at radius 1 is 1.38 bits per heavy atom. The third kappa shape index (κ3) is 3.51. The number of halogens is 1. The minimum absolute atomic E-state index is 0.0974. The fourth-order valence-electron chi connectivity index (χ4n) is 2.07. The van der Waals surface area contributed by atoms with Crippen LogP contribution in [0.15, 0.2) is 11.0 Å². The molecule has 0 spiro atoms. The molecule has 1 atom stereocenters. The predicted octanol–water partition coefficient (Wildman–Crippen LogP) is 0.780. The Hall–Kier alpha value is -1.67. The number of nitrogens with two attached hydrogens (primary N) is 1. The Bertz CT molecular complexity index is 672. The van der Waals surface area contributed by atoms with Gasteiger partial charge in [-0.1, -0.05) is 0 Å². The summed E-state index contributed by atoms with van der Waals surface area (Å²) in [5.74, 6) is -1.05. The average molecular weight is 317 g/mol. The molecular weight excluding hydrogens is 297 g/mol. The van der Waals surface area contributed by atoms with E-state index >= 15 is 0 Å². The number of aryl methyl sites for hydroxylation is 1. The van der Waals surface area contributed by atoms with E-state index in [9.17, 15) is 17.6 Å². The van der Waals surface area contributed by atoms with Crippen LogP contribution >= 0.6 is 0 Å². The standard InChI is InChI=1S/C13H20FN3O3S/c1-7-6-10(14)11(15)8(2)12(7)21(19,20)16-9(3)13(18)17(4)5/h6,9,16H,15H2,1-5H3. The van der Waals surface area contributed by atoms with Crippen molar-refractivity contribution in [3.05, 3.63) is 23.0 Å². The zero-order valence-corrected chi connectivity index (χ0v) is 13.5. The number of anilines is 1. The number of hydrogen-bond acceptors (Lipinski definition) is 4. The summed E-state index contributed by atoms with van der Waals surface area (Å²) in [6, 6.07) is 0.130. The lowest BCUT2D eigenvalue weighted by Gasteiger charge is -2.20. The highest BCUT2D eigenvalue weighted by molar-refractivity contribution is 7.89. The normalized spacial score (nSPS) is 13.0. The van der Waals surface area contributed by atoms with Gasteiger partial charge in [-0.05, 0) is 38.0 Å². The number of amides is 1. The Labute approximate surface area is 124 Å². The molecule has 1 amide bonds. The second-order valence-corrected chi connectivity index (χ2v) is 6.77. The fourth-order valence-corrected chi connectivity index (χ4v) is 3.75. The highest BCUT2D eigenvalue weighted by Gasteiger charge is 2.27. The van der Waals surface area contributed by atoms with Gasteiger partial charge in [-0.3, -0.25) is 4.79 Å². The van der Waals surface area contributed by atoms with Crippen molar-refractivity contribution in [1.29, 1.82) is 0 Å². The smallest absolute Gasteiger partial charge is 0.241 e. The van der Waals surface area contributed by atoms with Crippen molar-refractivity contribution in [3.8, 4) is 0 Å². The molecule has 1 aromatic rings. The summed E-state index contributed by atoms with van der Waals surface area (Å²) >= 11 is 0. The van der Waals surface area contributed by atoms with E-state index in [0.29, 0.717) is 0 Å². The molecule has 0 heterocycles. The van der Waals surface area contributed by atoms with E-state index in [2.05, 4.69) is 4.72 Å². The van der Waals surface area contributed by atoms with Crippen LogP contribution in [-0.2, 0) is 14.8 Å². The number of hydrogen-bond donors (Lipinski definition) is 2. The molecule has 0 aliphatic rings. The van der Waals surface area contributed by atoms with E-state index < -0.39 is 21.9 Å². The maximum atomic E-state index is 13.5. The van der Waals surface area contributed by atoms with Gasteiger partial charge in [0.1, 0.15) is 5.82 Å². The van der Waals surface area contributed by atoms with Crippen molar-refractivity contribution >= 4 is 21.6 Å². The second kappa shape index (κ2) is 5.98. The maximum Gasteiger partial charge on any atom is 0.241 e. The maximum absolute atomic E-state index is 13.5. The number of rotatable bonds is 4. The monoisotopic (exact) mass is 317 g/mol. The third-order valence-electron chi connectivity index (χ3n) is 3.12. The van der Waals surface area contributed by atoms with Gasteiger partial charge in [0.2, 0.25) is 15.9 Å². The molecule has 0 aliphatic carbocycles. The number of sulfonamides is 1. The first-order valence-electron chi connectivity index (χ1n) is 6.27. The molecule has 1 rings (SSSR count). The Morgan fingerprint density at radius 3 is 2.38 bits per heavy atom. The van der Waals surface area contributed by atoms with Gasteiger partial charge in [0.05, 0.1) is 16.6 Å². The summed E-state index contributed by atoms with van der Waals surface area (Å²) < 4.78 is 40.6. The van der Waals surface area contributed by atoms with Gasteiger partial charge in [0.25, 0.3) is 0 Å². The second-order valence-electron chi connectivity index (χ2n) is 5.12. The number of nitrogens with one attached hydrogen (secondary N) is 1. The van der Waals surface area contributed by atoms with E-state index in [1.54, 1.807) is 0 Å². The van der Waals surface area contributed by atoms with Gasteiger partial charge >= 0.3 is 0 Å². The SMILES string of the molecule is Cc1cc(F)c(N)c(C)c1S(=O)(=O)NC(C)C(=O)N(C)C. The van der Waals surface area contributed by atoms with Crippen molar-refractivity contribution in [2.24, 2.45) is 0 Å². The summed E-state index contributed by atoms with van der Waals surface area (Å²) in [6.07, 6.45) is 0. The number of nitrogen functional groups attached to an aromatic ring is 1. The molecule has 0 radical (unpaired) electrons. The van der Waals surface area contributed by atoms with Gasteiger partial charge < -0.3 is 10.6 Å². The summed E-state index contributed by atoms with van der Waals surface area (Å²) in [5.41, 5.74) is 5.69. The van der Waals surface area contributed by atoms with E-state index in [1.807, 2.05) is 0 Å². The van der Waals surface area contributed by atoms with Crippen molar-refractivity contribution in [2.75, 3.05) is 19.8 Å². The lowest BCUT2D eigenvalue weighted by atomic mass is 10.1. The summed E-state index contributed by atoms with van der Waals surface area (Å²) in [5, 5.41) is 0. The molecular formula is C13H20FN3O3S. The summed E-state index contributed by atoms with van der Waals surface area (Å²) in [6.45, 7) is 4.35. The average Bonchev–Trinajstić information content (AvgIpc) is 2.33. The van der Waals surface area contributed by atoms with Gasteiger partial charge in [0.15, 0.2) is 0 Å². The molecule has 0 aliphatic heterocycles. The number of benzene rings is 1. The van der Waals surface area contributed by atoms with E-state index in [0.717, 1.165) is 6.07 Å². The highest BCUT2D eigenvalue weighted by Crippen LogP contribution is 2.27. The molecule has 6 nitrogen and oxygen atoms in total. The van der Waals surface area contributed by atoms with Crippen LogP contribution in [0.4, 0.5) is 10.1 Å². The first-order valence-corrected chi connectivity index (χ1v) is 7.76. The zero-order chi connectivity index (χ0) is 16.5. The van der Waals surface area contributed by atoms with Crippen LogP contribution < -0.4 is 10.5 Å². The quantitative estimate of drug-likeness (QED) is 0.803. The van der Waals surface area contributed by atoms with Gasteiger partial charge in [-0.2, -0.15) is 4.72 Å². The zero-order valence-electron chi connectivity index (χ0n) is 12.7. The topological polar surface area (TPSA) is 92.5 Å². The van der Waals surface area contributed by atoms with Crippen molar-refractivity contribution < 1.29 is 17.6 Å². The van der Waals surface area contributed by atoms with Crippen LogP contribution in [-0.4, -0.2) is 39.4 Å². The molecule has 0 aromatic heterocycles. The molecule has 3 N–H and O–H groups in total. The Morgan fingerprint density at radius 2 is 1.90 bits per heavy atom. The van der Waals surface area contributed by atoms with Gasteiger partial charge in [-0.25, -0.2) is 12.8 Å². The largest absolute Gasteiger partial charge is 0.396 e. The van der Waals surface area contributed by atoms with E-state index in [-0.39, 0.29) is 27.6 Å². The molecule has 1 aromatic carbocycles. The first kappa shape index (κ1) is 17.4. The Balaban J connectivity index is 3.27. The molecule has 0 fully saturated rings. The summed E-state index contributed by atoms with van der Waals surface area (Å²) in [7, 11) is -0.928. The lowest BCUT2D eigenvalue weighted by Crippen LogP contribution is -2.44. The predicted molar refractivity (Wildman–Crippen MR) is 78.8 cm³/mol. The molecule has 118 valence electrons. The molecule has 8 heteroatoms. The Kier molecular flexibility index (Phi) is 4.95. The molecule has 21 heavy (non-hydrogen) atoms. The van der Waals surface area contributed by atoms with Crippen LogP contribution in [0.3, 0.4) is 0 Å². The molecule has 0 bridgehead atoms. The lowest BCUT2D eigenvalue weighted by molar-refractivity contribution is -0.130.